The van der Waals surface area contributed by atoms with Crippen LogP contribution in [0.5, 0.6) is 0 Å². The second-order valence-corrected chi connectivity index (χ2v) is 5.24. The van der Waals surface area contributed by atoms with Crippen LogP contribution in [-0.2, 0) is 6.54 Å². The molecule has 1 atom stereocenters. The first kappa shape index (κ1) is 14.8. The molecule has 110 valence electrons. The van der Waals surface area contributed by atoms with Crippen molar-refractivity contribution < 1.29 is 0 Å². The van der Waals surface area contributed by atoms with E-state index in [1.807, 2.05) is 17.9 Å². The summed E-state index contributed by atoms with van der Waals surface area (Å²) in [6, 6.07) is 2.91. The quantitative estimate of drug-likeness (QED) is 0.845. The van der Waals surface area contributed by atoms with Crippen LogP contribution >= 0.6 is 0 Å². The van der Waals surface area contributed by atoms with Crippen LogP contribution in [0.4, 0.5) is 0 Å². The molecule has 2 heterocycles. The third kappa shape index (κ3) is 3.28. The van der Waals surface area contributed by atoms with Crippen molar-refractivity contribution in [1.82, 2.24) is 24.9 Å². The summed E-state index contributed by atoms with van der Waals surface area (Å²) in [4.78, 5) is 0. The van der Waals surface area contributed by atoms with Gasteiger partial charge >= 0.3 is 0 Å². The number of nitrogens with one attached hydrogen (secondary N) is 1. The molecule has 20 heavy (non-hydrogen) atoms. The Morgan fingerprint density at radius 1 is 1.30 bits per heavy atom. The minimum Gasteiger partial charge on any atom is -0.313 e. The Kier molecular flexibility index (Phi) is 4.95. The van der Waals surface area contributed by atoms with Crippen LogP contribution in [0, 0.1) is 0 Å². The number of aromatic nitrogens is 4. The third-order valence-electron chi connectivity index (χ3n) is 3.89. The Balaban J connectivity index is 2.05. The molecule has 2 aromatic rings. The van der Waals surface area contributed by atoms with Gasteiger partial charge in [0.15, 0.2) is 0 Å². The van der Waals surface area contributed by atoms with E-state index in [0.717, 1.165) is 25.1 Å². The van der Waals surface area contributed by atoms with E-state index in [0.29, 0.717) is 12.1 Å². The van der Waals surface area contributed by atoms with Gasteiger partial charge in [0, 0.05) is 24.0 Å². The summed E-state index contributed by atoms with van der Waals surface area (Å²) in [7, 11) is 1.96. The van der Waals surface area contributed by atoms with Crippen LogP contribution in [0.1, 0.15) is 57.0 Å². The van der Waals surface area contributed by atoms with Gasteiger partial charge in [0.1, 0.15) is 0 Å². The fourth-order valence-corrected chi connectivity index (χ4v) is 2.35. The lowest BCUT2D eigenvalue weighted by Crippen LogP contribution is -2.11. The van der Waals surface area contributed by atoms with Crippen molar-refractivity contribution >= 4 is 0 Å². The molecule has 0 bridgehead atoms. The zero-order chi connectivity index (χ0) is 14.5. The van der Waals surface area contributed by atoms with E-state index < -0.39 is 0 Å². The first-order chi connectivity index (χ1) is 9.67. The van der Waals surface area contributed by atoms with Crippen molar-refractivity contribution in [2.24, 2.45) is 0 Å². The minimum absolute atomic E-state index is 0.325. The molecule has 0 fully saturated rings. The van der Waals surface area contributed by atoms with Crippen molar-refractivity contribution in [2.75, 3.05) is 7.05 Å². The van der Waals surface area contributed by atoms with Crippen molar-refractivity contribution in [2.45, 2.75) is 52.2 Å². The smallest absolute Gasteiger partial charge is 0.0849 e. The van der Waals surface area contributed by atoms with Gasteiger partial charge in [-0.25, -0.2) is 0 Å². The summed E-state index contributed by atoms with van der Waals surface area (Å²) < 4.78 is 4.03. The highest BCUT2D eigenvalue weighted by Crippen LogP contribution is 2.15. The molecule has 5 nitrogen and oxygen atoms in total. The molecule has 0 aliphatic rings. The topological polar surface area (TPSA) is 47.7 Å². The van der Waals surface area contributed by atoms with Crippen LogP contribution in [-0.4, -0.2) is 26.6 Å². The molecule has 0 aliphatic heterocycles. The Labute approximate surface area is 121 Å². The second kappa shape index (κ2) is 6.70. The van der Waals surface area contributed by atoms with Crippen molar-refractivity contribution in [3.05, 3.63) is 35.9 Å². The maximum Gasteiger partial charge on any atom is 0.0849 e. The highest BCUT2D eigenvalue weighted by atomic mass is 15.3. The zero-order valence-corrected chi connectivity index (χ0v) is 12.9. The summed E-state index contributed by atoms with van der Waals surface area (Å²) in [5, 5.41) is 12.3. The van der Waals surface area contributed by atoms with Gasteiger partial charge < -0.3 is 5.32 Å². The molecule has 2 rings (SSSR count). The predicted molar refractivity (Wildman–Crippen MR) is 80.6 cm³/mol. The molecule has 0 amide bonds. The molecule has 1 N–H and O–H groups in total. The molecule has 5 heteroatoms. The number of hydrogen-bond donors (Lipinski definition) is 1. The predicted octanol–water partition coefficient (Wildman–Crippen LogP) is 2.77. The zero-order valence-electron chi connectivity index (χ0n) is 12.9. The van der Waals surface area contributed by atoms with Gasteiger partial charge in [0.25, 0.3) is 0 Å². The summed E-state index contributed by atoms with van der Waals surface area (Å²) in [5.41, 5.74) is 2.26. The van der Waals surface area contributed by atoms with Gasteiger partial charge in [-0.2, -0.15) is 10.2 Å². The fourth-order valence-electron chi connectivity index (χ4n) is 2.35. The molecule has 0 aliphatic carbocycles. The van der Waals surface area contributed by atoms with Gasteiger partial charge in [-0.05, 0) is 32.9 Å². The standard InChI is InChI=1S/C15H25N5/c1-5-15(6-2)20-8-7-14(18-20)11-19-10-13(9-17-19)12(3)16-4/h7-10,12,15-16H,5-6,11H2,1-4H3. The van der Waals surface area contributed by atoms with E-state index in [1.165, 1.54) is 5.56 Å². The molecular weight excluding hydrogens is 250 g/mol. The molecule has 0 radical (unpaired) electrons. The highest BCUT2D eigenvalue weighted by molar-refractivity contribution is 5.10. The maximum atomic E-state index is 4.66. The first-order valence-corrected chi connectivity index (χ1v) is 7.41. The van der Waals surface area contributed by atoms with Crippen LogP contribution in [0.3, 0.4) is 0 Å². The molecular formula is C15H25N5. The monoisotopic (exact) mass is 275 g/mol. The molecule has 0 saturated carbocycles. The average Bonchev–Trinajstić information content (AvgIpc) is 3.10. The SMILES string of the molecule is CCC(CC)n1ccc(Cn2cc(C(C)NC)cn2)n1. The Hall–Kier alpha value is -1.62. The average molecular weight is 275 g/mol. The molecule has 2 aromatic heterocycles. The van der Waals surface area contributed by atoms with E-state index in [4.69, 9.17) is 0 Å². The number of rotatable bonds is 7. The summed E-state index contributed by atoms with van der Waals surface area (Å²) >= 11 is 0. The Morgan fingerprint density at radius 2 is 2.05 bits per heavy atom. The molecule has 0 spiro atoms. The fraction of sp³-hybridized carbons (Fsp3) is 0.600. The van der Waals surface area contributed by atoms with Crippen LogP contribution in [0.2, 0.25) is 0 Å². The van der Waals surface area contributed by atoms with E-state index in [2.05, 4.69) is 59.4 Å². The van der Waals surface area contributed by atoms with E-state index in [1.54, 1.807) is 0 Å². The van der Waals surface area contributed by atoms with Gasteiger partial charge in [-0.15, -0.1) is 0 Å². The lowest BCUT2D eigenvalue weighted by molar-refractivity contribution is 0.424. The third-order valence-corrected chi connectivity index (χ3v) is 3.89. The van der Waals surface area contributed by atoms with E-state index in [9.17, 15) is 0 Å². The number of hydrogen-bond acceptors (Lipinski definition) is 3. The normalized spacial score (nSPS) is 13.1. The summed E-state index contributed by atoms with van der Waals surface area (Å²) in [6.07, 6.45) is 8.30. The van der Waals surface area contributed by atoms with Crippen LogP contribution in [0.15, 0.2) is 24.7 Å². The summed E-state index contributed by atoms with van der Waals surface area (Å²) in [6.45, 7) is 7.26. The van der Waals surface area contributed by atoms with Gasteiger partial charge in [-0.1, -0.05) is 13.8 Å². The van der Waals surface area contributed by atoms with Gasteiger partial charge in [-0.3, -0.25) is 9.36 Å². The Bertz CT molecular complexity index is 524. The summed E-state index contributed by atoms with van der Waals surface area (Å²) in [5.74, 6) is 0. The van der Waals surface area contributed by atoms with Gasteiger partial charge in [0.05, 0.1) is 24.5 Å². The van der Waals surface area contributed by atoms with Crippen LogP contribution < -0.4 is 5.32 Å². The number of nitrogens with zero attached hydrogens (tertiary/aromatic N) is 4. The first-order valence-electron chi connectivity index (χ1n) is 7.41. The van der Waals surface area contributed by atoms with E-state index in [-0.39, 0.29) is 0 Å². The van der Waals surface area contributed by atoms with E-state index >= 15 is 0 Å². The van der Waals surface area contributed by atoms with Crippen LogP contribution in [0.25, 0.3) is 0 Å². The second-order valence-electron chi connectivity index (χ2n) is 5.24. The van der Waals surface area contributed by atoms with Gasteiger partial charge in [0.2, 0.25) is 0 Å². The maximum absolute atomic E-state index is 4.66. The molecule has 0 aromatic carbocycles. The van der Waals surface area contributed by atoms with Crippen molar-refractivity contribution in [1.29, 1.82) is 0 Å². The van der Waals surface area contributed by atoms with Crippen molar-refractivity contribution in [3.8, 4) is 0 Å². The minimum atomic E-state index is 0.325. The van der Waals surface area contributed by atoms with Crippen molar-refractivity contribution in [3.63, 3.8) is 0 Å². The highest BCUT2D eigenvalue weighted by Gasteiger charge is 2.09. The Morgan fingerprint density at radius 3 is 2.70 bits per heavy atom. The largest absolute Gasteiger partial charge is 0.313 e. The molecule has 1 unspecified atom stereocenters. The molecule has 0 saturated heterocycles. The lowest BCUT2D eigenvalue weighted by atomic mass is 10.2. The lowest BCUT2D eigenvalue weighted by Gasteiger charge is -2.12.